The molecular formula is C16H16N2O6. The number of nitrogens with one attached hydrogen (secondary N) is 1. The van der Waals surface area contributed by atoms with Crippen molar-refractivity contribution in [2.24, 2.45) is 0 Å². The molecule has 1 amide bonds. The topological polar surface area (TPSA) is 99.9 Å². The summed E-state index contributed by atoms with van der Waals surface area (Å²) < 4.78 is 15.6. The predicted octanol–water partition coefficient (Wildman–Crippen LogP) is 2.87. The first-order valence-corrected chi connectivity index (χ1v) is 6.86. The van der Waals surface area contributed by atoms with Gasteiger partial charge in [-0.3, -0.25) is 14.9 Å². The summed E-state index contributed by atoms with van der Waals surface area (Å²) in [6.07, 6.45) is 0. The molecule has 2 aromatic carbocycles. The van der Waals surface area contributed by atoms with Crippen molar-refractivity contribution in [3.05, 3.63) is 52.1 Å². The highest BCUT2D eigenvalue weighted by molar-refractivity contribution is 6.07. The molecule has 0 saturated heterocycles. The SMILES string of the molecule is COc1ccc(C(=O)Nc2cccc([N+](=O)[O-])c2)c(OC)c1OC. The Hall–Kier alpha value is -3.29. The third kappa shape index (κ3) is 3.37. The molecule has 0 aromatic heterocycles. The zero-order valence-corrected chi connectivity index (χ0v) is 13.4. The van der Waals surface area contributed by atoms with Gasteiger partial charge < -0.3 is 19.5 Å². The Morgan fingerprint density at radius 2 is 1.75 bits per heavy atom. The van der Waals surface area contributed by atoms with E-state index in [0.29, 0.717) is 11.4 Å². The number of carbonyl (C=O) groups is 1. The molecule has 0 saturated carbocycles. The van der Waals surface area contributed by atoms with Crippen molar-refractivity contribution in [3.8, 4) is 17.2 Å². The Bertz CT molecular complexity index is 775. The molecule has 8 nitrogen and oxygen atoms in total. The summed E-state index contributed by atoms with van der Waals surface area (Å²) in [7, 11) is 4.31. The van der Waals surface area contributed by atoms with Gasteiger partial charge in [0.2, 0.25) is 5.75 Å². The Morgan fingerprint density at radius 1 is 1.04 bits per heavy atom. The van der Waals surface area contributed by atoms with Crippen LogP contribution in [0.4, 0.5) is 11.4 Å². The number of nitro groups is 1. The number of non-ortho nitro benzene ring substituents is 1. The molecule has 0 atom stereocenters. The number of amides is 1. The van der Waals surface area contributed by atoms with E-state index in [0.717, 1.165) is 0 Å². The number of nitrogens with zero attached hydrogens (tertiary/aromatic N) is 1. The Labute approximate surface area is 138 Å². The second-order valence-electron chi connectivity index (χ2n) is 4.64. The van der Waals surface area contributed by atoms with Crippen molar-refractivity contribution < 1.29 is 23.9 Å². The van der Waals surface area contributed by atoms with Gasteiger partial charge in [-0.2, -0.15) is 0 Å². The fourth-order valence-corrected chi connectivity index (χ4v) is 2.18. The Morgan fingerprint density at radius 3 is 2.33 bits per heavy atom. The lowest BCUT2D eigenvalue weighted by Gasteiger charge is -2.15. The van der Waals surface area contributed by atoms with E-state index in [2.05, 4.69) is 5.32 Å². The van der Waals surface area contributed by atoms with Gasteiger partial charge in [0.1, 0.15) is 0 Å². The minimum Gasteiger partial charge on any atom is -0.493 e. The van der Waals surface area contributed by atoms with Crippen LogP contribution in [0.2, 0.25) is 0 Å². The lowest BCUT2D eigenvalue weighted by Crippen LogP contribution is -2.14. The molecule has 0 spiro atoms. The van der Waals surface area contributed by atoms with Gasteiger partial charge in [0.05, 0.1) is 31.8 Å². The minimum atomic E-state index is -0.535. The van der Waals surface area contributed by atoms with E-state index < -0.39 is 10.8 Å². The molecule has 0 aliphatic rings. The number of anilines is 1. The molecule has 126 valence electrons. The number of hydrogen-bond acceptors (Lipinski definition) is 6. The Balaban J connectivity index is 2.36. The highest BCUT2D eigenvalue weighted by atomic mass is 16.6. The van der Waals surface area contributed by atoms with E-state index in [1.165, 1.54) is 45.6 Å². The molecule has 24 heavy (non-hydrogen) atoms. The number of rotatable bonds is 6. The van der Waals surface area contributed by atoms with Crippen LogP contribution in [0.15, 0.2) is 36.4 Å². The molecule has 0 aliphatic heterocycles. The second-order valence-corrected chi connectivity index (χ2v) is 4.64. The normalized spacial score (nSPS) is 9.96. The lowest BCUT2D eigenvalue weighted by molar-refractivity contribution is -0.384. The molecule has 2 rings (SSSR count). The van der Waals surface area contributed by atoms with Gasteiger partial charge in [-0.25, -0.2) is 0 Å². The maximum absolute atomic E-state index is 12.5. The van der Waals surface area contributed by atoms with Crippen LogP contribution >= 0.6 is 0 Å². The van der Waals surface area contributed by atoms with Crippen LogP contribution in [0, 0.1) is 10.1 Å². The highest BCUT2D eigenvalue weighted by Gasteiger charge is 2.21. The molecule has 0 aliphatic carbocycles. The summed E-state index contributed by atoms with van der Waals surface area (Å²) in [6, 6.07) is 8.74. The lowest BCUT2D eigenvalue weighted by atomic mass is 10.1. The molecule has 8 heteroatoms. The number of methoxy groups -OCH3 is 3. The van der Waals surface area contributed by atoms with E-state index in [1.54, 1.807) is 12.1 Å². The minimum absolute atomic E-state index is 0.118. The summed E-state index contributed by atoms with van der Waals surface area (Å²) >= 11 is 0. The van der Waals surface area contributed by atoms with Gasteiger partial charge in [0.15, 0.2) is 11.5 Å². The van der Waals surface area contributed by atoms with E-state index in [4.69, 9.17) is 14.2 Å². The van der Waals surface area contributed by atoms with Gasteiger partial charge in [-0.05, 0) is 18.2 Å². The van der Waals surface area contributed by atoms with Crippen molar-refractivity contribution in [1.82, 2.24) is 0 Å². The first-order chi connectivity index (χ1) is 11.5. The third-order valence-corrected chi connectivity index (χ3v) is 3.26. The van der Waals surface area contributed by atoms with Crippen LogP contribution in [0.5, 0.6) is 17.2 Å². The average molecular weight is 332 g/mol. The smallest absolute Gasteiger partial charge is 0.271 e. The zero-order chi connectivity index (χ0) is 17.7. The number of hydrogen-bond donors (Lipinski definition) is 1. The zero-order valence-electron chi connectivity index (χ0n) is 13.4. The van der Waals surface area contributed by atoms with Crippen LogP contribution < -0.4 is 19.5 Å². The quantitative estimate of drug-likeness (QED) is 0.645. The van der Waals surface area contributed by atoms with Crippen LogP contribution in [-0.2, 0) is 0 Å². The van der Waals surface area contributed by atoms with Crippen molar-refractivity contribution >= 4 is 17.3 Å². The number of carbonyl (C=O) groups excluding carboxylic acids is 1. The van der Waals surface area contributed by atoms with Gasteiger partial charge in [0, 0.05) is 17.8 Å². The second kappa shape index (κ2) is 7.32. The standard InChI is InChI=1S/C16H16N2O6/c1-22-13-8-7-12(14(23-2)15(13)24-3)16(19)17-10-5-4-6-11(9-10)18(20)21/h4-9H,1-3H3,(H,17,19). The maximum Gasteiger partial charge on any atom is 0.271 e. The van der Waals surface area contributed by atoms with Crippen LogP contribution in [-0.4, -0.2) is 32.2 Å². The Kier molecular flexibility index (Phi) is 5.20. The molecule has 0 heterocycles. The van der Waals surface area contributed by atoms with Crippen molar-refractivity contribution in [3.63, 3.8) is 0 Å². The van der Waals surface area contributed by atoms with Gasteiger partial charge in [-0.15, -0.1) is 0 Å². The van der Waals surface area contributed by atoms with Crippen LogP contribution in [0.25, 0.3) is 0 Å². The molecule has 0 unspecified atom stereocenters. The van der Waals surface area contributed by atoms with Gasteiger partial charge in [-0.1, -0.05) is 6.07 Å². The van der Waals surface area contributed by atoms with E-state index in [1.807, 2.05) is 0 Å². The van der Waals surface area contributed by atoms with Crippen molar-refractivity contribution in [1.29, 1.82) is 0 Å². The molecular weight excluding hydrogens is 316 g/mol. The number of ether oxygens (including phenoxy) is 3. The number of benzene rings is 2. The summed E-state index contributed by atoms with van der Waals surface area (Å²) in [5.41, 5.74) is 0.389. The number of nitro benzene ring substituents is 1. The third-order valence-electron chi connectivity index (χ3n) is 3.26. The predicted molar refractivity (Wildman–Crippen MR) is 87.1 cm³/mol. The largest absolute Gasteiger partial charge is 0.493 e. The van der Waals surface area contributed by atoms with Crippen LogP contribution in [0.3, 0.4) is 0 Å². The average Bonchev–Trinajstić information content (AvgIpc) is 2.60. The highest BCUT2D eigenvalue weighted by Crippen LogP contribution is 2.39. The van der Waals surface area contributed by atoms with E-state index in [9.17, 15) is 14.9 Å². The van der Waals surface area contributed by atoms with E-state index in [-0.39, 0.29) is 22.7 Å². The van der Waals surface area contributed by atoms with Gasteiger partial charge >= 0.3 is 0 Å². The fourth-order valence-electron chi connectivity index (χ4n) is 2.18. The molecule has 0 bridgehead atoms. The fraction of sp³-hybridized carbons (Fsp3) is 0.188. The van der Waals surface area contributed by atoms with Crippen LogP contribution in [0.1, 0.15) is 10.4 Å². The summed E-state index contributed by atoms with van der Waals surface area (Å²) in [4.78, 5) is 22.8. The first kappa shape index (κ1) is 17.1. The molecule has 1 N–H and O–H groups in total. The van der Waals surface area contributed by atoms with E-state index >= 15 is 0 Å². The summed E-state index contributed by atoms with van der Waals surface area (Å²) in [5, 5.41) is 13.4. The summed E-state index contributed by atoms with van der Waals surface area (Å²) in [5.74, 6) is 0.418. The maximum atomic E-state index is 12.5. The molecule has 2 aromatic rings. The van der Waals surface area contributed by atoms with Gasteiger partial charge in [0.25, 0.3) is 11.6 Å². The molecule has 0 radical (unpaired) electrons. The summed E-state index contributed by atoms with van der Waals surface area (Å²) in [6.45, 7) is 0. The molecule has 0 fully saturated rings. The monoisotopic (exact) mass is 332 g/mol. The van der Waals surface area contributed by atoms with Crippen molar-refractivity contribution in [2.75, 3.05) is 26.6 Å². The first-order valence-electron chi connectivity index (χ1n) is 6.86. The van der Waals surface area contributed by atoms with Crippen molar-refractivity contribution in [2.45, 2.75) is 0 Å².